The molecule has 122 valence electrons. The van der Waals surface area contributed by atoms with Gasteiger partial charge in [-0.15, -0.1) is 0 Å². The molecule has 0 aliphatic heterocycles. The molecule has 0 aliphatic carbocycles. The summed E-state index contributed by atoms with van der Waals surface area (Å²) in [6.07, 6.45) is 1.24. The van der Waals surface area contributed by atoms with Gasteiger partial charge in [-0.3, -0.25) is 14.9 Å². The van der Waals surface area contributed by atoms with E-state index in [9.17, 15) is 27.9 Å². The number of hydrogen-bond acceptors (Lipinski definition) is 7. The molecule has 2 aromatic carbocycles. The number of non-ortho nitro benzene ring substituents is 1. The number of carbonyl (C=O) groups excluding carboxylic acids is 1. The van der Waals surface area contributed by atoms with Crippen LogP contribution in [0.1, 0.15) is 10.4 Å². The largest absolute Gasteiger partial charge is 1.00 e. The third kappa shape index (κ3) is 3.87. The molecule has 0 spiro atoms. The molecule has 0 atom stereocenters. The van der Waals surface area contributed by atoms with Crippen molar-refractivity contribution in [2.24, 2.45) is 0 Å². The van der Waals surface area contributed by atoms with Gasteiger partial charge in [0.15, 0.2) is 0 Å². The molecule has 0 fully saturated rings. The van der Waals surface area contributed by atoms with Crippen LogP contribution in [-0.4, -0.2) is 33.6 Å². The molecule has 0 saturated heterocycles. The summed E-state index contributed by atoms with van der Waals surface area (Å²) in [4.78, 5) is 22.1. The van der Waals surface area contributed by atoms with Crippen LogP contribution in [0, 0.1) is 10.1 Å². The fraction of sp³-hybridized carbons (Fsp3) is 0. The maximum Gasteiger partial charge on any atom is 1.00 e. The molecule has 0 aliphatic rings. The summed E-state index contributed by atoms with van der Waals surface area (Å²) >= 11 is 0. The van der Waals surface area contributed by atoms with Gasteiger partial charge in [0.1, 0.15) is 10.1 Å². The number of fused-ring (bicyclic) bond motifs is 1. The fourth-order valence-electron chi connectivity index (χ4n) is 2.27. The minimum absolute atomic E-state index is 0. The van der Waals surface area contributed by atoms with E-state index in [4.69, 9.17) is 0 Å². The smallest absolute Gasteiger partial charge is 0.744 e. The Bertz CT molecular complexity index is 1090. The van der Waals surface area contributed by atoms with Crippen molar-refractivity contribution < 1.29 is 74.1 Å². The van der Waals surface area contributed by atoms with Crippen molar-refractivity contribution in [1.82, 2.24) is 9.78 Å². The molecule has 3 aromatic rings. The van der Waals surface area contributed by atoms with Crippen molar-refractivity contribution in [1.29, 1.82) is 0 Å². The van der Waals surface area contributed by atoms with Crippen molar-refractivity contribution in [2.75, 3.05) is 0 Å². The molecular weight excluding hydrogens is 377 g/mol. The summed E-state index contributed by atoms with van der Waals surface area (Å²) in [6, 6.07) is 8.74. The Balaban J connectivity index is 0.00000225. The van der Waals surface area contributed by atoms with Gasteiger partial charge in [0, 0.05) is 17.5 Å². The predicted octanol–water partition coefficient (Wildman–Crippen LogP) is -1.46. The molecule has 1 aromatic heterocycles. The Kier molecular flexibility index (Phi) is 5.88. The van der Waals surface area contributed by atoms with Crippen molar-refractivity contribution >= 4 is 32.6 Å². The van der Waals surface area contributed by atoms with Gasteiger partial charge in [-0.1, -0.05) is 12.1 Å². The molecule has 0 bridgehead atoms. The van der Waals surface area contributed by atoms with E-state index in [2.05, 4.69) is 5.10 Å². The fourth-order valence-corrected chi connectivity index (χ4v) is 2.94. The zero-order valence-electron chi connectivity index (χ0n) is 12.8. The van der Waals surface area contributed by atoms with E-state index in [-0.39, 0.29) is 68.2 Å². The van der Waals surface area contributed by atoms with Crippen molar-refractivity contribution in [3.63, 3.8) is 0 Å². The number of benzene rings is 2. The number of carbonyl (C=O) groups is 1. The van der Waals surface area contributed by atoms with Gasteiger partial charge in [-0.2, -0.15) is 9.78 Å². The average molecular weight is 385 g/mol. The Labute approximate surface area is 184 Å². The van der Waals surface area contributed by atoms with Crippen LogP contribution in [0.3, 0.4) is 0 Å². The number of nitro groups is 1. The Morgan fingerprint density at radius 3 is 2.48 bits per heavy atom. The van der Waals surface area contributed by atoms with Gasteiger partial charge in [-0.25, -0.2) is 8.42 Å². The molecule has 9 nitrogen and oxygen atoms in total. The summed E-state index contributed by atoms with van der Waals surface area (Å²) in [5, 5.41) is 14.9. The number of hydrogen-bond donors (Lipinski definition) is 0. The summed E-state index contributed by atoms with van der Waals surface area (Å²) in [5.41, 5.74) is -0.239. The summed E-state index contributed by atoms with van der Waals surface area (Å²) in [6.45, 7) is 0. The Morgan fingerprint density at radius 1 is 1.16 bits per heavy atom. The zero-order chi connectivity index (χ0) is 17.5. The molecule has 0 saturated carbocycles. The number of aromatic nitrogens is 2. The first-order valence-electron chi connectivity index (χ1n) is 6.51. The van der Waals surface area contributed by atoms with Crippen LogP contribution >= 0.6 is 0 Å². The van der Waals surface area contributed by atoms with Gasteiger partial charge >= 0.3 is 51.4 Å². The molecule has 1 heterocycles. The minimum atomic E-state index is -4.84. The van der Waals surface area contributed by atoms with Crippen molar-refractivity contribution in [2.45, 2.75) is 4.90 Å². The molecule has 3 rings (SSSR count). The van der Waals surface area contributed by atoms with Crippen LogP contribution in [0.15, 0.2) is 53.6 Å². The minimum Gasteiger partial charge on any atom is -0.744 e. The molecule has 0 N–H and O–H groups in total. The molecule has 0 unspecified atom stereocenters. The normalized spacial score (nSPS) is 11.1. The maximum atomic E-state index is 12.6. The van der Waals surface area contributed by atoms with E-state index in [1.165, 1.54) is 42.6 Å². The SMILES string of the molecule is O=C(c1ccccc1S(=O)(=O)[O-])n1ncc2cc([N+](=O)[O-])ccc21.[K+]. The summed E-state index contributed by atoms with van der Waals surface area (Å²) in [5.74, 6) is -0.825. The molecule has 0 radical (unpaired) electrons. The average Bonchev–Trinajstić information content (AvgIpc) is 2.96. The van der Waals surface area contributed by atoms with Crippen molar-refractivity contribution in [3.8, 4) is 0 Å². The monoisotopic (exact) mass is 385 g/mol. The standard InChI is InChI=1S/C14H9N3O6S.K/c18-14(11-3-1-2-4-13(11)24(21,22)23)16-12-6-5-10(17(19)20)7-9(12)8-15-16;/h1-8H,(H,21,22,23);/q;+1/p-1. The van der Waals surface area contributed by atoms with Gasteiger partial charge in [0.25, 0.3) is 11.6 Å². The Hall–Kier alpha value is -1.47. The third-order valence-corrected chi connectivity index (χ3v) is 4.24. The second-order valence-electron chi connectivity index (χ2n) is 4.81. The molecular formula is C14H8KN3O6S. The quantitative estimate of drug-likeness (QED) is 0.233. The number of nitro benzene ring substituents is 1. The second-order valence-corrected chi connectivity index (χ2v) is 6.16. The van der Waals surface area contributed by atoms with E-state index in [0.717, 1.165) is 10.7 Å². The third-order valence-electron chi connectivity index (χ3n) is 3.34. The van der Waals surface area contributed by atoms with Crippen molar-refractivity contribution in [3.05, 3.63) is 64.3 Å². The summed E-state index contributed by atoms with van der Waals surface area (Å²) in [7, 11) is -4.84. The maximum absolute atomic E-state index is 12.6. The molecule has 11 heteroatoms. The van der Waals surface area contributed by atoms with Crippen LogP contribution in [0.4, 0.5) is 5.69 Å². The van der Waals surface area contributed by atoms with Crippen LogP contribution in [0.5, 0.6) is 0 Å². The van der Waals surface area contributed by atoms with E-state index in [1.807, 2.05) is 0 Å². The number of nitrogens with zero attached hydrogens (tertiary/aromatic N) is 3. The predicted molar refractivity (Wildman–Crippen MR) is 80.5 cm³/mol. The van der Waals surface area contributed by atoms with Crippen LogP contribution < -0.4 is 51.4 Å². The van der Waals surface area contributed by atoms with Gasteiger partial charge in [0.2, 0.25) is 0 Å². The summed E-state index contributed by atoms with van der Waals surface area (Å²) < 4.78 is 34.8. The van der Waals surface area contributed by atoms with Gasteiger partial charge in [-0.05, 0) is 18.2 Å². The first kappa shape index (κ1) is 19.8. The van der Waals surface area contributed by atoms with Crippen LogP contribution in [-0.2, 0) is 10.1 Å². The van der Waals surface area contributed by atoms with Crippen LogP contribution in [0.2, 0.25) is 0 Å². The van der Waals surface area contributed by atoms with E-state index < -0.39 is 25.8 Å². The zero-order valence-corrected chi connectivity index (χ0v) is 16.8. The topological polar surface area (TPSA) is 135 Å². The Morgan fingerprint density at radius 2 is 1.84 bits per heavy atom. The number of rotatable bonds is 3. The molecule has 0 amide bonds. The second kappa shape index (κ2) is 7.41. The first-order valence-corrected chi connectivity index (χ1v) is 7.91. The van der Waals surface area contributed by atoms with E-state index >= 15 is 0 Å². The molecule has 25 heavy (non-hydrogen) atoms. The van der Waals surface area contributed by atoms with Gasteiger partial charge < -0.3 is 4.55 Å². The van der Waals surface area contributed by atoms with Gasteiger partial charge in [0.05, 0.1) is 27.1 Å². The first-order chi connectivity index (χ1) is 11.3. The van der Waals surface area contributed by atoms with Crippen LogP contribution in [0.25, 0.3) is 10.9 Å². The van der Waals surface area contributed by atoms with E-state index in [0.29, 0.717) is 5.39 Å². The van der Waals surface area contributed by atoms with E-state index in [1.54, 1.807) is 0 Å².